The second kappa shape index (κ2) is 9.00. The first kappa shape index (κ1) is 14.0. The van der Waals surface area contributed by atoms with Gasteiger partial charge in [0.2, 0.25) is 0 Å². The molecule has 0 aromatic rings. The van der Waals surface area contributed by atoms with Crippen molar-refractivity contribution in [2.75, 3.05) is 26.2 Å². The monoisotopic (exact) mass is 226 g/mol. The molecule has 1 saturated heterocycles. The maximum Gasteiger partial charge on any atom is 0.00643 e. The van der Waals surface area contributed by atoms with Crippen LogP contribution >= 0.6 is 0 Å². The molecule has 0 bridgehead atoms. The molecule has 2 heteroatoms. The Labute approximate surface area is 102 Å². The van der Waals surface area contributed by atoms with E-state index in [0.717, 1.165) is 6.04 Å². The summed E-state index contributed by atoms with van der Waals surface area (Å²) in [7, 11) is 0. The van der Waals surface area contributed by atoms with E-state index in [0.29, 0.717) is 0 Å². The van der Waals surface area contributed by atoms with E-state index in [1.165, 1.54) is 71.1 Å². The predicted molar refractivity (Wildman–Crippen MR) is 71.9 cm³/mol. The van der Waals surface area contributed by atoms with Crippen LogP contribution in [-0.2, 0) is 0 Å². The molecule has 1 rings (SSSR count). The number of nitrogens with zero attached hydrogens (tertiary/aromatic N) is 1. The van der Waals surface area contributed by atoms with Crippen molar-refractivity contribution >= 4 is 0 Å². The number of piperidine rings is 1. The van der Waals surface area contributed by atoms with Gasteiger partial charge in [-0.2, -0.15) is 0 Å². The second-order valence-electron chi connectivity index (χ2n) is 5.10. The zero-order valence-electron chi connectivity index (χ0n) is 11.3. The summed E-state index contributed by atoms with van der Waals surface area (Å²) in [6.45, 7) is 9.75. The van der Waals surface area contributed by atoms with E-state index < -0.39 is 0 Å². The molecule has 1 heterocycles. The molecule has 1 atom stereocenters. The van der Waals surface area contributed by atoms with Gasteiger partial charge in [-0.15, -0.1) is 0 Å². The zero-order chi connectivity index (χ0) is 11.6. The van der Waals surface area contributed by atoms with Gasteiger partial charge in [-0.05, 0) is 58.3 Å². The third-order valence-corrected chi connectivity index (χ3v) is 3.66. The molecule has 1 unspecified atom stereocenters. The molecule has 1 N–H and O–H groups in total. The van der Waals surface area contributed by atoms with Gasteiger partial charge in [0.05, 0.1) is 0 Å². The summed E-state index contributed by atoms with van der Waals surface area (Å²) in [5, 5.41) is 3.68. The summed E-state index contributed by atoms with van der Waals surface area (Å²) >= 11 is 0. The second-order valence-corrected chi connectivity index (χ2v) is 5.10. The number of likely N-dealkylation sites (tertiary alicyclic amines) is 1. The van der Waals surface area contributed by atoms with Crippen molar-refractivity contribution in [2.45, 2.75) is 64.8 Å². The third-order valence-electron chi connectivity index (χ3n) is 3.66. The lowest BCUT2D eigenvalue weighted by molar-refractivity contribution is 0.224. The maximum atomic E-state index is 3.68. The van der Waals surface area contributed by atoms with E-state index in [1.807, 2.05) is 0 Å². The summed E-state index contributed by atoms with van der Waals surface area (Å²) in [4.78, 5) is 2.63. The molecule has 0 aliphatic carbocycles. The quantitative estimate of drug-likeness (QED) is 0.640. The third kappa shape index (κ3) is 5.86. The molecule has 0 radical (unpaired) electrons. The van der Waals surface area contributed by atoms with Crippen molar-refractivity contribution in [1.82, 2.24) is 10.2 Å². The minimum Gasteiger partial charge on any atom is -0.314 e. The van der Waals surface area contributed by atoms with Crippen molar-refractivity contribution in [3.05, 3.63) is 0 Å². The van der Waals surface area contributed by atoms with E-state index in [1.54, 1.807) is 0 Å². The summed E-state index contributed by atoms with van der Waals surface area (Å²) < 4.78 is 0. The van der Waals surface area contributed by atoms with Crippen molar-refractivity contribution in [3.8, 4) is 0 Å². The van der Waals surface area contributed by atoms with Crippen molar-refractivity contribution < 1.29 is 0 Å². The Hall–Kier alpha value is -0.0800. The average molecular weight is 226 g/mol. The summed E-state index contributed by atoms with van der Waals surface area (Å²) in [5.74, 6) is 0. The fraction of sp³-hybridized carbons (Fsp3) is 1.00. The van der Waals surface area contributed by atoms with E-state index in [2.05, 4.69) is 24.1 Å². The summed E-state index contributed by atoms with van der Waals surface area (Å²) in [5.41, 5.74) is 0. The molecule has 1 aliphatic heterocycles. The minimum absolute atomic E-state index is 0.756. The Kier molecular flexibility index (Phi) is 7.87. The number of hydrogen-bond acceptors (Lipinski definition) is 2. The molecule has 0 spiro atoms. The lowest BCUT2D eigenvalue weighted by atomic mass is 10.1. The molecule has 96 valence electrons. The van der Waals surface area contributed by atoms with Crippen LogP contribution in [0.3, 0.4) is 0 Å². The highest BCUT2D eigenvalue weighted by Gasteiger charge is 2.09. The smallest absolute Gasteiger partial charge is 0.00643 e. The summed E-state index contributed by atoms with van der Waals surface area (Å²) in [6, 6.07) is 0.756. The normalized spacial score (nSPS) is 19.9. The first-order valence-electron chi connectivity index (χ1n) is 7.32. The highest BCUT2D eigenvalue weighted by Crippen LogP contribution is 2.08. The standard InChI is InChI=1S/C14H30N2/c1-3-9-14(4-2)15-10-8-13-16-11-6-5-7-12-16/h14-15H,3-13H2,1-2H3. The van der Waals surface area contributed by atoms with Crippen LogP contribution in [0.15, 0.2) is 0 Å². The number of nitrogens with one attached hydrogen (secondary N) is 1. The van der Waals surface area contributed by atoms with Crippen LogP contribution in [-0.4, -0.2) is 37.1 Å². The van der Waals surface area contributed by atoms with Gasteiger partial charge in [0, 0.05) is 6.04 Å². The topological polar surface area (TPSA) is 15.3 Å². The molecule has 1 fully saturated rings. The Bertz CT molecular complexity index is 146. The van der Waals surface area contributed by atoms with Crippen LogP contribution in [0.1, 0.15) is 58.8 Å². The van der Waals surface area contributed by atoms with Gasteiger partial charge in [0.1, 0.15) is 0 Å². The Morgan fingerprint density at radius 3 is 2.50 bits per heavy atom. The van der Waals surface area contributed by atoms with Gasteiger partial charge in [0.25, 0.3) is 0 Å². The highest BCUT2D eigenvalue weighted by molar-refractivity contribution is 4.67. The SMILES string of the molecule is CCCC(CC)NCCCN1CCCCC1. The molecule has 0 amide bonds. The first-order chi connectivity index (χ1) is 7.86. The van der Waals surface area contributed by atoms with E-state index >= 15 is 0 Å². The molecule has 0 aromatic carbocycles. The molecular weight excluding hydrogens is 196 g/mol. The largest absolute Gasteiger partial charge is 0.314 e. The molecular formula is C14H30N2. The van der Waals surface area contributed by atoms with Crippen LogP contribution in [0.4, 0.5) is 0 Å². The van der Waals surface area contributed by atoms with Crippen LogP contribution in [0.2, 0.25) is 0 Å². The van der Waals surface area contributed by atoms with E-state index in [9.17, 15) is 0 Å². The Morgan fingerprint density at radius 1 is 1.12 bits per heavy atom. The van der Waals surface area contributed by atoms with Crippen LogP contribution < -0.4 is 5.32 Å². The van der Waals surface area contributed by atoms with Crippen molar-refractivity contribution in [2.24, 2.45) is 0 Å². The van der Waals surface area contributed by atoms with Crippen LogP contribution in [0.25, 0.3) is 0 Å². The van der Waals surface area contributed by atoms with Gasteiger partial charge < -0.3 is 10.2 Å². The molecule has 2 nitrogen and oxygen atoms in total. The van der Waals surface area contributed by atoms with Gasteiger partial charge >= 0.3 is 0 Å². The van der Waals surface area contributed by atoms with Gasteiger partial charge in [-0.3, -0.25) is 0 Å². The highest BCUT2D eigenvalue weighted by atomic mass is 15.1. The lowest BCUT2D eigenvalue weighted by Crippen LogP contribution is -2.34. The molecule has 1 aliphatic rings. The Morgan fingerprint density at radius 2 is 1.88 bits per heavy atom. The zero-order valence-corrected chi connectivity index (χ0v) is 11.3. The van der Waals surface area contributed by atoms with E-state index in [4.69, 9.17) is 0 Å². The molecule has 0 saturated carbocycles. The fourth-order valence-electron chi connectivity index (χ4n) is 2.59. The van der Waals surface area contributed by atoms with Crippen molar-refractivity contribution in [1.29, 1.82) is 0 Å². The molecule has 0 aromatic heterocycles. The number of rotatable bonds is 8. The van der Waals surface area contributed by atoms with Crippen LogP contribution in [0.5, 0.6) is 0 Å². The van der Waals surface area contributed by atoms with Crippen LogP contribution in [0, 0.1) is 0 Å². The predicted octanol–water partition coefficient (Wildman–Crippen LogP) is 3.03. The van der Waals surface area contributed by atoms with Gasteiger partial charge in [0.15, 0.2) is 0 Å². The fourth-order valence-corrected chi connectivity index (χ4v) is 2.59. The minimum atomic E-state index is 0.756. The van der Waals surface area contributed by atoms with Crippen molar-refractivity contribution in [3.63, 3.8) is 0 Å². The summed E-state index contributed by atoms with van der Waals surface area (Å²) in [6.07, 6.45) is 9.51. The van der Waals surface area contributed by atoms with Gasteiger partial charge in [-0.1, -0.05) is 26.7 Å². The lowest BCUT2D eigenvalue weighted by Gasteiger charge is -2.26. The first-order valence-corrected chi connectivity index (χ1v) is 7.32. The van der Waals surface area contributed by atoms with Gasteiger partial charge in [-0.25, -0.2) is 0 Å². The maximum absolute atomic E-state index is 3.68. The molecule has 16 heavy (non-hydrogen) atoms. The van der Waals surface area contributed by atoms with E-state index in [-0.39, 0.29) is 0 Å². The number of hydrogen-bond donors (Lipinski definition) is 1. The Balaban J connectivity index is 1.97. The average Bonchev–Trinajstić information content (AvgIpc) is 2.34.